The number of nitrogens with one attached hydrogen (secondary N) is 1. The molecule has 2 aromatic rings. The van der Waals surface area contributed by atoms with Crippen LogP contribution in [0.4, 0.5) is 0 Å². The summed E-state index contributed by atoms with van der Waals surface area (Å²) in [4.78, 5) is 25.1. The fraction of sp³-hybridized carbons (Fsp3) is 0.222. The Hall–Kier alpha value is -2.66. The quantitative estimate of drug-likeness (QED) is 0.859. The van der Waals surface area contributed by atoms with Crippen molar-refractivity contribution in [3.63, 3.8) is 0 Å². The number of hydrogen-bond acceptors (Lipinski definition) is 3. The van der Waals surface area contributed by atoms with E-state index in [0.29, 0.717) is 12.1 Å². The van der Waals surface area contributed by atoms with E-state index in [0.717, 1.165) is 17.7 Å². The van der Waals surface area contributed by atoms with Crippen molar-refractivity contribution >= 4 is 11.9 Å². The van der Waals surface area contributed by atoms with Crippen LogP contribution in [0.2, 0.25) is 0 Å². The number of amides is 1. The van der Waals surface area contributed by atoms with Crippen LogP contribution in [-0.4, -0.2) is 36.0 Å². The van der Waals surface area contributed by atoms with E-state index in [-0.39, 0.29) is 11.5 Å². The summed E-state index contributed by atoms with van der Waals surface area (Å²) >= 11 is 0. The Morgan fingerprint density at radius 1 is 1.00 bits per heavy atom. The van der Waals surface area contributed by atoms with E-state index >= 15 is 0 Å². The molecular formula is C18H20N2O3. The average Bonchev–Trinajstić information content (AvgIpc) is 2.52. The van der Waals surface area contributed by atoms with Crippen LogP contribution in [0.15, 0.2) is 48.5 Å². The summed E-state index contributed by atoms with van der Waals surface area (Å²) in [7, 11) is 3.96. The van der Waals surface area contributed by atoms with E-state index in [9.17, 15) is 9.59 Å². The van der Waals surface area contributed by atoms with E-state index < -0.39 is 5.97 Å². The third kappa shape index (κ3) is 4.93. The summed E-state index contributed by atoms with van der Waals surface area (Å²) < 4.78 is 0. The van der Waals surface area contributed by atoms with Gasteiger partial charge in [0.15, 0.2) is 0 Å². The van der Waals surface area contributed by atoms with Crippen LogP contribution in [-0.2, 0) is 13.1 Å². The Labute approximate surface area is 135 Å². The van der Waals surface area contributed by atoms with Crippen molar-refractivity contribution in [2.45, 2.75) is 13.1 Å². The van der Waals surface area contributed by atoms with E-state index in [4.69, 9.17) is 5.11 Å². The van der Waals surface area contributed by atoms with Gasteiger partial charge in [-0.1, -0.05) is 24.3 Å². The van der Waals surface area contributed by atoms with Gasteiger partial charge in [0, 0.05) is 18.7 Å². The molecule has 1 amide bonds. The van der Waals surface area contributed by atoms with Gasteiger partial charge in [0.25, 0.3) is 5.91 Å². The maximum absolute atomic E-state index is 12.2. The summed E-state index contributed by atoms with van der Waals surface area (Å²) in [5.74, 6) is -1.11. The SMILES string of the molecule is CN(C)Cc1cccc(C(=O)NCc2ccc(C(=O)O)cc2)c1. The number of rotatable bonds is 6. The monoisotopic (exact) mass is 312 g/mol. The summed E-state index contributed by atoms with van der Waals surface area (Å²) in [6, 6.07) is 14.0. The first-order valence-electron chi connectivity index (χ1n) is 7.30. The standard InChI is InChI=1S/C18H20N2O3/c1-20(2)12-14-4-3-5-16(10-14)17(21)19-11-13-6-8-15(9-7-13)18(22)23/h3-10H,11-12H2,1-2H3,(H,19,21)(H,22,23). The molecule has 5 nitrogen and oxygen atoms in total. The number of hydrogen-bond donors (Lipinski definition) is 2. The highest BCUT2D eigenvalue weighted by Crippen LogP contribution is 2.08. The molecule has 0 aliphatic rings. The molecule has 0 saturated heterocycles. The Morgan fingerprint density at radius 3 is 2.30 bits per heavy atom. The minimum Gasteiger partial charge on any atom is -0.478 e. The van der Waals surface area contributed by atoms with Crippen LogP contribution < -0.4 is 5.32 Å². The molecule has 0 aliphatic heterocycles. The molecule has 5 heteroatoms. The van der Waals surface area contributed by atoms with E-state index in [1.54, 1.807) is 18.2 Å². The van der Waals surface area contributed by atoms with Gasteiger partial charge in [-0.15, -0.1) is 0 Å². The molecular weight excluding hydrogens is 292 g/mol. The number of carboxylic acid groups (broad SMARTS) is 1. The van der Waals surface area contributed by atoms with Crippen molar-refractivity contribution in [3.05, 3.63) is 70.8 Å². The van der Waals surface area contributed by atoms with E-state index in [1.807, 2.05) is 37.2 Å². The number of benzene rings is 2. The van der Waals surface area contributed by atoms with Gasteiger partial charge in [0.1, 0.15) is 0 Å². The van der Waals surface area contributed by atoms with Gasteiger partial charge < -0.3 is 15.3 Å². The van der Waals surface area contributed by atoms with Gasteiger partial charge in [0.05, 0.1) is 5.56 Å². The molecule has 0 aromatic heterocycles. The molecule has 0 heterocycles. The van der Waals surface area contributed by atoms with Crippen LogP contribution in [0.5, 0.6) is 0 Å². The van der Waals surface area contributed by atoms with Crippen molar-refractivity contribution in [1.29, 1.82) is 0 Å². The Morgan fingerprint density at radius 2 is 1.70 bits per heavy atom. The van der Waals surface area contributed by atoms with Gasteiger partial charge >= 0.3 is 5.97 Å². The lowest BCUT2D eigenvalue weighted by atomic mass is 10.1. The molecule has 0 radical (unpaired) electrons. The third-order valence-corrected chi connectivity index (χ3v) is 3.34. The first-order valence-corrected chi connectivity index (χ1v) is 7.30. The lowest BCUT2D eigenvalue weighted by Gasteiger charge is -2.11. The Kier molecular flexibility index (Phi) is 5.49. The van der Waals surface area contributed by atoms with Crippen LogP contribution in [0, 0.1) is 0 Å². The fourth-order valence-corrected chi connectivity index (χ4v) is 2.23. The molecule has 0 unspecified atom stereocenters. The highest BCUT2D eigenvalue weighted by Gasteiger charge is 2.07. The molecule has 0 bridgehead atoms. The summed E-state index contributed by atoms with van der Waals surface area (Å²) in [6.07, 6.45) is 0. The number of nitrogens with zero attached hydrogens (tertiary/aromatic N) is 1. The molecule has 2 rings (SSSR count). The lowest BCUT2D eigenvalue weighted by molar-refractivity contribution is 0.0696. The minimum atomic E-state index is -0.960. The molecule has 120 valence electrons. The molecule has 0 fully saturated rings. The molecule has 0 spiro atoms. The third-order valence-electron chi connectivity index (χ3n) is 3.34. The first-order chi connectivity index (χ1) is 11.0. The molecule has 0 atom stereocenters. The lowest BCUT2D eigenvalue weighted by Crippen LogP contribution is -2.23. The minimum absolute atomic E-state index is 0.145. The zero-order chi connectivity index (χ0) is 16.8. The van der Waals surface area contributed by atoms with E-state index in [2.05, 4.69) is 5.32 Å². The second-order valence-corrected chi connectivity index (χ2v) is 5.62. The normalized spacial score (nSPS) is 10.6. The summed E-state index contributed by atoms with van der Waals surface area (Å²) in [5.41, 5.74) is 2.78. The number of carbonyl (C=O) groups excluding carboxylic acids is 1. The van der Waals surface area contributed by atoms with Crippen molar-refractivity contribution in [3.8, 4) is 0 Å². The topological polar surface area (TPSA) is 69.6 Å². The zero-order valence-corrected chi connectivity index (χ0v) is 13.2. The summed E-state index contributed by atoms with van der Waals surface area (Å²) in [6.45, 7) is 1.13. The van der Waals surface area contributed by atoms with Gasteiger partial charge in [-0.05, 0) is 49.5 Å². The molecule has 2 aromatic carbocycles. The smallest absolute Gasteiger partial charge is 0.335 e. The second kappa shape index (κ2) is 7.56. The van der Waals surface area contributed by atoms with Crippen molar-refractivity contribution in [2.75, 3.05) is 14.1 Å². The van der Waals surface area contributed by atoms with Gasteiger partial charge in [-0.3, -0.25) is 4.79 Å². The van der Waals surface area contributed by atoms with Gasteiger partial charge in [-0.2, -0.15) is 0 Å². The first kappa shape index (κ1) is 16.7. The average molecular weight is 312 g/mol. The Bertz CT molecular complexity index is 694. The second-order valence-electron chi connectivity index (χ2n) is 5.62. The number of carboxylic acids is 1. The van der Waals surface area contributed by atoms with Crippen molar-refractivity contribution in [1.82, 2.24) is 10.2 Å². The predicted octanol–water partition coefficient (Wildman–Crippen LogP) is 2.38. The van der Waals surface area contributed by atoms with Crippen molar-refractivity contribution < 1.29 is 14.7 Å². The molecule has 23 heavy (non-hydrogen) atoms. The molecule has 2 N–H and O–H groups in total. The van der Waals surface area contributed by atoms with Gasteiger partial charge in [-0.25, -0.2) is 4.79 Å². The highest BCUT2D eigenvalue weighted by molar-refractivity contribution is 5.94. The van der Waals surface area contributed by atoms with Crippen LogP contribution in [0.25, 0.3) is 0 Å². The maximum atomic E-state index is 12.2. The zero-order valence-electron chi connectivity index (χ0n) is 13.2. The fourth-order valence-electron chi connectivity index (χ4n) is 2.23. The number of carbonyl (C=O) groups is 2. The highest BCUT2D eigenvalue weighted by atomic mass is 16.4. The van der Waals surface area contributed by atoms with E-state index in [1.165, 1.54) is 12.1 Å². The van der Waals surface area contributed by atoms with Crippen LogP contribution in [0.1, 0.15) is 31.8 Å². The maximum Gasteiger partial charge on any atom is 0.335 e. The van der Waals surface area contributed by atoms with Crippen LogP contribution in [0.3, 0.4) is 0 Å². The molecule has 0 saturated carbocycles. The van der Waals surface area contributed by atoms with Gasteiger partial charge in [0.2, 0.25) is 0 Å². The largest absolute Gasteiger partial charge is 0.478 e. The molecule has 0 aliphatic carbocycles. The number of aromatic carboxylic acids is 1. The predicted molar refractivity (Wildman–Crippen MR) is 88.4 cm³/mol. The van der Waals surface area contributed by atoms with Crippen molar-refractivity contribution in [2.24, 2.45) is 0 Å². The Balaban J connectivity index is 1.97. The summed E-state index contributed by atoms with van der Waals surface area (Å²) in [5, 5.41) is 11.7. The van der Waals surface area contributed by atoms with Crippen LogP contribution >= 0.6 is 0 Å².